The number of aliphatic imine (C=N–C) groups is 1. The summed E-state index contributed by atoms with van der Waals surface area (Å²) in [5, 5.41) is 11.3. The van der Waals surface area contributed by atoms with Gasteiger partial charge in [-0.25, -0.2) is 14.7 Å². The highest BCUT2D eigenvalue weighted by Crippen LogP contribution is 2.10. The zero-order valence-corrected chi connectivity index (χ0v) is 20.7. The van der Waals surface area contributed by atoms with Gasteiger partial charge in [-0.15, -0.1) is 24.0 Å². The molecule has 0 spiro atoms. The maximum absolute atomic E-state index is 5.44. The van der Waals surface area contributed by atoms with Gasteiger partial charge >= 0.3 is 0 Å². The molecule has 1 saturated heterocycles. The van der Waals surface area contributed by atoms with Gasteiger partial charge in [-0.05, 0) is 45.4 Å². The maximum Gasteiger partial charge on any atom is 0.191 e. The van der Waals surface area contributed by atoms with E-state index in [-0.39, 0.29) is 24.0 Å². The number of hydrogen-bond acceptors (Lipinski definition) is 5. The van der Waals surface area contributed by atoms with Gasteiger partial charge in [0, 0.05) is 44.1 Å². The molecule has 1 unspecified atom stereocenters. The molecule has 30 heavy (non-hydrogen) atoms. The third kappa shape index (κ3) is 6.92. The van der Waals surface area contributed by atoms with Crippen LogP contribution in [0.25, 0.3) is 5.82 Å². The predicted octanol–water partition coefficient (Wildman–Crippen LogP) is 2.28. The Morgan fingerprint density at radius 3 is 2.60 bits per heavy atom. The number of aryl methyl sites for hydroxylation is 2. The summed E-state index contributed by atoms with van der Waals surface area (Å²) in [5.41, 5.74) is 3.13. The lowest BCUT2D eigenvalue weighted by Crippen LogP contribution is -2.49. The van der Waals surface area contributed by atoms with Crippen molar-refractivity contribution in [3.63, 3.8) is 0 Å². The van der Waals surface area contributed by atoms with Crippen molar-refractivity contribution in [1.29, 1.82) is 0 Å². The fourth-order valence-corrected chi connectivity index (χ4v) is 3.40. The van der Waals surface area contributed by atoms with Gasteiger partial charge in [-0.2, -0.15) is 5.10 Å². The number of morpholine rings is 1. The number of rotatable bonds is 7. The molecule has 3 heterocycles. The van der Waals surface area contributed by atoms with Crippen LogP contribution in [0.5, 0.6) is 0 Å². The normalized spacial score (nSPS) is 16.1. The van der Waals surface area contributed by atoms with E-state index >= 15 is 0 Å². The molecule has 0 saturated carbocycles. The van der Waals surface area contributed by atoms with Crippen LogP contribution < -0.4 is 10.6 Å². The molecule has 3 rings (SSSR count). The third-order valence-electron chi connectivity index (χ3n) is 5.03. The Hall–Kier alpha value is -1.72. The van der Waals surface area contributed by atoms with Crippen LogP contribution in [0, 0.1) is 13.8 Å². The highest BCUT2D eigenvalue weighted by Gasteiger charge is 2.17. The lowest BCUT2D eigenvalue weighted by molar-refractivity contribution is 0.0211. The standard InChI is InChI=1S/C21H33N7O.HI/c1-5-22-21(24-13-18(4)27-8-10-29-11-9-27)25-15-19-6-7-20(23-14-19)28-17(3)12-16(2)26-28;/h6-7,12,14,18H,5,8-11,13,15H2,1-4H3,(H2,22,24,25);1H. The van der Waals surface area contributed by atoms with Crippen molar-refractivity contribution >= 4 is 29.9 Å². The first-order valence-corrected chi connectivity index (χ1v) is 10.4. The number of ether oxygens (including phenoxy) is 1. The topological polar surface area (TPSA) is 79.6 Å². The minimum absolute atomic E-state index is 0. The number of pyridine rings is 1. The van der Waals surface area contributed by atoms with E-state index in [2.05, 4.69) is 45.5 Å². The van der Waals surface area contributed by atoms with Crippen LogP contribution in [-0.2, 0) is 11.3 Å². The Labute approximate surface area is 196 Å². The molecule has 1 fully saturated rings. The SMILES string of the molecule is CCNC(=NCc1ccc(-n2nc(C)cc2C)nc1)NCC(C)N1CCOCC1.I. The Bertz CT molecular complexity index is 800. The molecule has 1 atom stereocenters. The number of aromatic nitrogens is 3. The average molecular weight is 527 g/mol. The number of hydrogen-bond donors (Lipinski definition) is 2. The molecule has 0 amide bonds. The van der Waals surface area contributed by atoms with Crippen molar-refractivity contribution in [2.45, 2.75) is 40.3 Å². The molecule has 0 aromatic carbocycles. The Balaban J connectivity index is 0.00000320. The first-order valence-electron chi connectivity index (χ1n) is 10.4. The lowest BCUT2D eigenvalue weighted by Gasteiger charge is -2.32. The fraction of sp³-hybridized carbons (Fsp3) is 0.571. The monoisotopic (exact) mass is 527 g/mol. The van der Waals surface area contributed by atoms with E-state index in [0.717, 1.165) is 68.1 Å². The van der Waals surface area contributed by atoms with E-state index in [4.69, 9.17) is 9.73 Å². The number of halogens is 1. The molecule has 9 heteroatoms. The van der Waals surface area contributed by atoms with E-state index in [9.17, 15) is 0 Å². The fourth-order valence-electron chi connectivity index (χ4n) is 3.40. The third-order valence-corrected chi connectivity index (χ3v) is 5.03. The molecule has 166 valence electrons. The highest BCUT2D eigenvalue weighted by molar-refractivity contribution is 14.0. The van der Waals surface area contributed by atoms with Gasteiger partial charge in [0.2, 0.25) is 0 Å². The molecule has 2 aromatic rings. The molecule has 0 radical (unpaired) electrons. The summed E-state index contributed by atoms with van der Waals surface area (Å²) in [4.78, 5) is 11.7. The molecule has 2 aromatic heterocycles. The molecule has 8 nitrogen and oxygen atoms in total. The maximum atomic E-state index is 5.44. The Morgan fingerprint density at radius 1 is 1.23 bits per heavy atom. The van der Waals surface area contributed by atoms with Gasteiger partial charge in [0.15, 0.2) is 11.8 Å². The first kappa shape index (κ1) is 24.5. The molecule has 0 bridgehead atoms. The van der Waals surface area contributed by atoms with Crippen molar-refractivity contribution in [3.8, 4) is 5.82 Å². The van der Waals surface area contributed by atoms with Gasteiger partial charge in [-0.3, -0.25) is 4.90 Å². The second-order valence-corrected chi connectivity index (χ2v) is 7.44. The molecular weight excluding hydrogens is 493 g/mol. The van der Waals surface area contributed by atoms with E-state index in [1.165, 1.54) is 0 Å². The molecule has 1 aliphatic rings. The first-order chi connectivity index (χ1) is 14.1. The zero-order chi connectivity index (χ0) is 20.6. The van der Waals surface area contributed by atoms with Crippen molar-refractivity contribution in [3.05, 3.63) is 41.3 Å². The van der Waals surface area contributed by atoms with Crippen LogP contribution in [0.4, 0.5) is 0 Å². The van der Waals surface area contributed by atoms with Crippen molar-refractivity contribution in [1.82, 2.24) is 30.3 Å². The molecule has 2 N–H and O–H groups in total. The zero-order valence-electron chi connectivity index (χ0n) is 18.4. The summed E-state index contributed by atoms with van der Waals surface area (Å²) in [6.07, 6.45) is 1.87. The van der Waals surface area contributed by atoms with Crippen molar-refractivity contribution in [2.24, 2.45) is 4.99 Å². The lowest BCUT2D eigenvalue weighted by atomic mass is 10.2. The second kappa shape index (κ2) is 12.2. The van der Waals surface area contributed by atoms with Crippen molar-refractivity contribution < 1.29 is 4.74 Å². The van der Waals surface area contributed by atoms with Gasteiger partial charge < -0.3 is 15.4 Å². The summed E-state index contributed by atoms with van der Waals surface area (Å²) in [6.45, 7) is 14.2. The quantitative estimate of drug-likeness (QED) is 0.327. The summed E-state index contributed by atoms with van der Waals surface area (Å²) < 4.78 is 7.30. The van der Waals surface area contributed by atoms with E-state index < -0.39 is 0 Å². The predicted molar refractivity (Wildman–Crippen MR) is 131 cm³/mol. The number of nitrogens with one attached hydrogen (secondary N) is 2. The van der Waals surface area contributed by atoms with E-state index in [1.54, 1.807) is 0 Å². The van der Waals surface area contributed by atoms with E-state index in [1.807, 2.05) is 36.9 Å². The largest absolute Gasteiger partial charge is 0.379 e. The highest BCUT2D eigenvalue weighted by atomic mass is 127. The second-order valence-electron chi connectivity index (χ2n) is 7.44. The van der Waals surface area contributed by atoms with Gasteiger partial charge in [0.1, 0.15) is 0 Å². The van der Waals surface area contributed by atoms with Crippen LogP contribution in [0.2, 0.25) is 0 Å². The molecule has 1 aliphatic heterocycles. The molecular formula is C21H34IN7O. The smallest absolute Gasteiger partial charge is 0.191 e. The van der Waals surface area contributed by atoms with E-state index in [0.29, 0.717) is 12.6 Å². The van der Waals surface area contributed by atoms with Gasteiger partial charge in [0.25, 0.3) is 0 Å². The number of guanidine groups is 1. The van der Waals surface area contributed by atoms with Crippen LogP contribution in [-0.4, -0.2) is 71.1 Å². The summed E-state index contributed by atoms with van der Waals surface area (Å²) in [5.74, 6) is 1.66. The minimum atomic E-state index is 0. The summed E-state index contributed by atoms with van der Waals surface area (Å²) in [7, 11) is 0. The van der Waals surface area contributed by atoms with Crippen LogP contribution in [0.3, 0.4) is 0 Å². The average Bonchev–Trinajstić information content (AvgIpc) is 3.08. The summed E-state index contributed by atoms with van der Waals surface area (Å²) >= 11 is 0. The van der Waals surface area contributed by atoms with Crippen LogP contribution >= 0.6 is 24.0 Å². The van der Waals surface area contributed by atoms with Gasteiger partial charge in [-0.1, -0.05) is 6.07 Å². The summed E-state index contributed by atoms with van der Waals surface area (Å²) in [6, 6.07) is 6.53. The minimum Gasteiger partial charge on any atom is -0.379 e. The number of nitrogens with zero attached hydrogens (tertiary/aromatic N) is 5. The molecule has 0 aliphatic carbocycles. The Morgan fingerprint density at radius 2 is 2.00 bits per heavy atom. The van der Waals surface area contributed by atoms with Crippen LogP contribution in [0.1, 0.15) is 30.8 Å². The van der Waals surface area contributed by atoms with Crippen LogP contribution in [0.15, 0.2) is 29.4 Å². The van der Waals surface area contributed by atoms with Crippen molar-refractivity contribution in [2.75, 3.05) is 39.4 Å². The Kier molecular flexibility index (Phi) is 9.99. The van der Waals surface area contributed by atoms with Gasteiger partial charge in [0.05, 0.1) is 25.5 Å².